The van der Waals surface area contributed by atoms with Crippen molar-refractivity contribution in [3.8, 4) is 23.0 Å². The van der Waals surface area contributed by atoms with Gasteiger partial charge in [0.05, 0.1) is 11.6 Å². The Hall–Kier alpha value is -1.67. The summed E-state index contributed by atoms with van der Waals surface area (Å²) in [4.78, 5) is 0. The maximum Gasteiger partial charge on any atom is 0.175 e. The minimum absolute atomic E-state index is 0. The third-order valence-electron chi connectivity index (χ3n) is 4.45. The Morgan fingerprint density at radius 2 is 1.83 bits per heavy atom. The van der Waals surface area contributed by atoms with E-state index in [1.165, 1.54) is 0 Å². The Labute approximate surface area is 192 Å². The summed E-state index contributed by atoms with van der Waals surface area (Å²) in [7, 11) is 1.60. The highest BCUT2D eigenvalue weighted by atomic mass is 79.9. The third kappa shape index (κ3) is 6.41. The number of halogens is 2. The van der Waals surface area contributed by atoms with Gasteiger partial charge in [-0.1, -0.05) is 6.07 Å². The summed E-state index contributed by atoms with van der Waals surface area (Å²) in [5.74, 6) is 2.50. The van der Waals surface area contributed by atoms with Crippen LogP contribution in [0, 0.1) is 0 Å². The van der Waals surface area contributed by atoms with Crippen LogP contribution < -0.4 is 24.3 Å². The van der Waals surface area contributed by atoms with Crippen LogP contribution in [0.3, 0.4) is 0 Å². The second kappa shape index (κ2) is 10.6. The number of rotatable bonds is 7. The predicted octanol–water partition coefficient (Wildman–Crippen LogP) is 4.65. The van der Waals surface area contributed by atoms with E-state index in [9.17, 15) is 5.11 Å². The highest BCUT2D eigenvalue weighted by Gasteiger charge is 2.18. The Balaban J connectivity index is 0.00000320. The Morgan fingerprint density at radius 3 is 2.50 bits per heavy atom. The molecule has 0 saturated carbocycles. The van der Waals surface area contributed by atoms with Crippen molar-refractivity contribution in [2.75, 3.05) is 26.9 Å². The van der Waals surface area contributed by atoms with Gasteiger partial charge in [0.25, 0.3) is 0 Å². The van der Waals surface area contributed by atoms with Crippen LogP contribution in [0.1, 0.15) is 38.0 Å². The van der Waals surface area contributed by atoms with E-state index < -0.39 is 6.10 Å². The molecule has 6 nitrogen and oxygen atoms in total. The average Bonchev–Trinajstić information content (AvgIpc) is 2.69. The molecule has 2 aromatic rings. The molecule has 1 heterocycles. The fourth-order valence-electron chi connectivity index (χ4n) is 2.91. The van der Waals surface area contributed by atoms with E-state index in [-0.39, 0.29) is 24.6 Å². The Bertz CT molecular complexity index is 856. The van der Waals surface area contributed by atoms with Crippen molar-refractivity contribution in [1.29, 1.82) is 0 Å². The van der Waals surface area contributed by atoms with Crippen molar-refractivity contribution < 1.29 is 24.1 Å². The summed E-state index contributed by atoms with van der Waals surface area (Å²) in [5, 5.41) is 14.0. The molecule has 0 aromatic heterocycles. The van der Waals surface area contributed by atoms with Gasteiger partial charge in [0.15, 0.2) is 23.0 Å². The standard InChI is InChI=1S/C22H28BrNO5.ClH/c1-22(2,3)24-12-14-9-16(23)21(20(10-14)26-4)29-13-17(25)15-5-6-18-19(11-15)28-8-7-27-18;/h5-6,9-11,17,24-25H,7-8,12-13H2,1-4H3;1H. The summed E-state index contributed by atoms with van der Waals surface area (Å²) >= 11 is 3.56. The number of hydrogen-bond acceptors (Lipinski definition) is 6. The number of aliphatic hydroxyl groups is 1. The molecule has 1 aliphatic rings. The van der Waals surface area contributed by atoms with E-state index in [1.54, 1.807) is 19.2 Å². The minimum atomic E-state index is -0.815. The molecule has 1 unspecified atom stereocenters. The molecule has 8 heteroatoms. The van der Waals surface area contributed by atoms with Crippen LogP contribution in [0.2, 0.25) is 0 Å². The molecule has 30 heavy (non-hydrogen) atoms. The van der Waals surface area contributed by atoms with Crippen molar-refractivity contribution in [3.63, 3.8) is 0 Å². The highest BCUT2D eigenvalue weighted by Crippen LogP contribution is 2.38. The molecule has 1 aliphatic heterocycles. The van der Waals surface area contributed by atoms with E-state index in [4.69, 9.17) is 18.9 Å². The summed E-state index contributed by atoms with van der Waals surface area (Å²) in [6.45, 7) is 8.19. The number of benzene rings is 2. The average molecular weight is 503 g/mol. The van der Waals surface area contributed by atoms with Gasteiger partial charge in [0.1, 0.15) is 25.9 Å². The second-order valence-electron chi connectivity index (χ2n) is 7.94. The van der Waals surface area contributed by atoms with Crippen LogP contribution in [-0.4, -0.2) is 37.6 Å². The lowest BCUT2D eigenvalue weighted by Gasteiger charge is -2.22. The topological polar surface area (TPSA) is 69.2 Å². The normalized spacial score (nSPS) is 13.9. The van der Waals surface area contributed by atoms with Crippen molar-refractivity contribution >= 4 is 28.3 Å². The van der Waals surface area contributed by atoms with Crippen LogP contribution in [-0.2, 0) is 6.54 Å². The third-order valence-corrected chi connectivity index (χ3v) is 5.04. The molecular weight excluding hydrogens is 474 g/mol. The predicted molar refractivity (Wildman–Crippen MR) is 122 cm³/mol. The second-order valence-corrected chi connectivity index (χ2v) is 8.80. The zero-order chi connectivity index (χ0) is 21.0. The van der Waals surface area contributed by atoms with Crippen molar-refractivity contribution in [2.45, 2.75) is 39.0 Å². The smallest absolute Gasteiger partial charge is 0.175 e. The van der Waals surface area contributed by atoms with Gasteiger partial charge in [-0.25, -0.2) is 0 Å². The molecule has 166 valence electrons. The highest BCUT2D eigenvalue weighted by molar-refractivity contribution is 9.10. The summed E-state index contributed by atoms with van der Waals surface area (Å²) in [5.41, 5.74) is 1.79. The van der Waals surface area contributed by atoms with Crippen LogP contribution in [0.25, 0.3) is 0 Å². The molecule has 0 bridgehead atoms. The Kier molecular flexibility index (Phi) is 8.67. The van der Waals surface area contributed by atoms with Crippen LogP contribution in [0.4, 0.5) is 0 Å². The molecule has 2 N–H and O–H groups in total. The summed E-state index contributed by atoms with van der Waals surface area (Å²) in [6.07, 6.45) is -0.815. The van der Waals surface area contributed by atoms with E-state index in [0.29, 0.717) is 48.3 Å². The quantitative estimate of drug-likeness (QED) is 0.574. The fraction of sp³-hybridized carbons (Fsp3) is 0.455. The van der Waals surface area contributed by atoms with Crippen LogP contribution in [0.15, 0.2) is 34.8 Å². The molecule has 1 atom stereocenters. The Morgan fingerprint density at radius 1 is 1.13 bits per heavy atom. The van der Waals surface area contributed by atoms with E-state index in [0.717, 1.165) is 10.0 Å². The van der Waals surface area contributed by atoms with Gasteiger partial charge in [-0.2, -0.15) is 0 Å². The van der Waals surface area contributed by atoms with E-state index in [1.807, 2.05) is 18.2 Å². The number of hydrogen-bond donors (Lipinski definition) is 2. The van der Waals surface area contributed by atoms with Gasteiger partial charge in [-0.05, 0) is 72.1 Å². The maximum absolute atomic E-state index is 10.6. The first-order valence-electron chi connectivity index (χ1n) is 9.58. The molecule has 0 aliphatic carbocycles. The van der Waals surface area contributed by atoms with Gasteiger partial charge in [-0.15, -0.1) is 12.4 Å². The van der Waals surface area contributed by atoms with Crippen LogP contribution in [0.5, 0.6) is 23.0 Å². The van der Waals surface area contributed by atoms with Gasteiger partial charge in [0.2, 0.25) is 0 Å². The zero-order valence-corrected chi connectivity index (χ0v) is 20.1. The summed E-state index contributed by atoms with van der Waals surface area (Å²) in [6, 6.07) is 9.34. The first kappa shape index (κ1) is 24.6. The zero-order valence-electron chi connectivity index (χ0n) is 17.7. The van der Waals surface area contributed by atoms with Crippen LogP contribution >= 0.6 is 28.3 Å². The lowest BCUT2D eigenvalue weighted by Crippen LogP contribution is -2.35. The number of nitrogens with one attached hydrogen (secondary N) is 1. The number of methoxy groups -OCH3 is 1. The lowest BCUT2D eigenvalue weighted by atomic mass is 10.1. The van der Waals surface area contributed by atoms with Gasteiger partial charge < -0.3 is 29.4 Å². The van der Waals surface area contributed by atoms with Crippen molar-refractivity contribution in [2.24, 2.45) is 0 Å². The summed E-state index contributed by atoms with van der Waals surface area (Å²) < 4.78 is 23.3. The maximum atomic E-state index is 10.6. The first-order valence-corrected chi connectivity index (χ1v) is 10.4. The van der Waals surface area contributed by atoms with Crippen molar-refractivity contribution in [1.82, 2.24) is 5.32 Å². The molecule has 0 fully saturated rings. The van der Waals surface area contributed by atoms with Crippen molar-refractivity contribution in [3.05, 3.63) is 45.9 Å². The fourth-order valence-corrected chi connectivity index (χ4v) is 3.51. The van der Waals surface area contributed by atoms with Gasteiger partial charge in [0, 0.05) is 12.1 Å². The van der Waals surface area contributed by atoms with Gasteiger partial charge in [-0.3, -0.25) is 0 Å². The lowest BCUT2D eigenvalue weighted by molar-refractivity contribution is 0.105. The largest absolute Gasteiger partial charge is 0.493 e. The molecule has 2 aromatic carbocycles. The number of aliphatic hydroxyl groups excluding tert-OH is 1. The van der Waals surface area contributed by atoms with E-state index >= 15 is 0 Å². The molecule has 0 radical (unpaired) electrons. The molecule has 0 saturated heterocycles. The van der Waals surface area contributed by atoms with Gasteiger partial charge >= 0.3 is 0 Å². The SMILES string of the molecule is COc1cc(CNC(C)(C)C)cc(Br)c1OCC(O)c1ccc2c(c1)OCCO2.Cl. The number of fused-ring (bicyclic) bond motifs is 1. The molecule has 0 spiro atoms. The monoisotopic (exact) mass is 501 g/mol. The first-order chi connectivity index (χ1) is 13.8. The molecule has 0 amide bonds. The number of ether oxygens (including phenoxy) is 4. The molecule has 3 rings (SSSR count). The molecular formula is C22H29BrClNO5. The minimum Gasteiger partial charge on any atom is -0.493 e. The van der Waals surface area contributed by atoms with E-state index in [2.05, 4.69) is 42.0 Å².